The maximum atomic E-state index is 7.00. The van der Waals surface area contributed by atoms with Crippen LogP contribution in [0.25, 0.3) is 49.4 Å². The fourth-order valence-corrected chi connectivity index (χ4v) is 6.04. The highest BCUT2D eigenvalue weighted by molar-refractivity contribution is 6.13. The number of aromatic nitrogens is 1. The van der Waals surface area contributed by atoms with Gasteiger partial charge in [0.25, 0.3) is 0 Å². The summed E-state index contributed by atoms with van der Waals surface area (Å²) in [6.07, 6.45) is 7.84. The van der Waals surface area contributed by atoms with Gasteiger partial charge in [-0.3, -0.25) is 0 Å². The largest absolute Gasteiger partial charge is 0.456 e. The van der Waals surface area contributed by atoms with Gasteiger partial charge in [-0.05, 0) is 48.2 Å². The van der Waals surface area contributed by atoms with Crippen molar-refractivity contribution >= 4 is 55.1 Å². The molecule has 0 saturated heterocycles. The SMILES string of the molecule is CCC1C=CC=C(n2c3ccccc3c3ccccc32)C1c1ccc2oc3ccccc3c2c1N. The van der Waals surface area contributed by atoms with Crippen LogP contribution in [0.3, 0.4) is 0 Å². The molecule has 2 heterocycles. The monoisotopic (exact) mass is 454 g/mol. The lowest BCUT2D eigenvalue weighted by molar-refractivity contribution is 0.560. The molecule has 0 spiro atoms. The van der Waals surface area contributed by atoms with Gasteiger partial charge in [0, 0.05) is 33.5 Å². The van der Waals surface area contributed by atoms with Crippen molar-refractivity contribution in [1.29, 1.82) is 0 Å². The van der Waals surface area contributed by atoms with Gasteiger partial charge in [0.05, 0.1) is 16.4 Å². The summed E-state index contributed by atoms with van der Waals surface area (Å²) in [6.45, 7) is 2.26. The number of fused-ring (bicyclic) bond motifs is 6. The molecule has 2 atom stereocenters. The maximum absolute atomic E-state index is 7.00. The highest BCUT2D eigenvalue weighted by atomic mass is 16.3. The molecule has 0 bridgehead atoms. The number of benzene rings is 4. The normalized spacial score (nSPS) is 18.1. The van der Waals surface area contributed by atoms with Gasteiger partial charge in [-0.2, -0.15) is 0 Å². The van der Waals surface area contributed by atoms with Crippen molar-refractivity contribution in [3.63, 3.8) is 0 Å². The standard InChI is InChI=1S/C32H26N2O/c1-2-20-10-9-16-27(34-25-14-6-3-11-21(25)22-12-4-7-15-26(22)34)30(20)24-18-19-29-31(32(24)33)23-13-5-8-17-28(23)35-29/h3-20,30H,2,33H2,1H3. The minimum atomic E-state index is 0.127. The Bertz CT molecular complexity index is 1760. The number of furan rings is 1. The van der Waals surface area contributed by atoms with Gasteiger partial charge in [-0.1, -0.05) is 79.7 Å². The van der Waals surface area contributed by atoms with Crippen molar-refractivity contribution in [1.82, 2.24) is 4.57 Å². The number of rotatable bonds is 3. The molecule has 0 saturated carbocycles. The van der Waals surface area contributed by atoms with Crippen molar-refractivity contribution in [2.24, 2.45) is 5.92 Å². The molecule has 0 aliphatic heterocycles. The second-order valence-corrected chi connectivity index (χ2v) is 9.44. The third kappa shape index (κ3) is 2.85. The molecular weight excluding hydrogens is 428 g/mol. The summed E-state index contributed by atoms with van der Waals surface area (Å²) in [7, 11) is 0. The quantitative estimate of drug-likeness (QED) is 0.272. The lowest BCUT2D eigenvalue weighted by atomic mass is 9.78. The first-order valence-corrected chi connectivity index (χ1v) is 12.3. The Balaban J connectivity index is 1.52. The average molecular weight is 455 g/mol. The number of nitrogens with zero attached hydrogens (tertiary/aromatic N) is 1. The highest BCUT2D eigenvalue weighted by Crippen LogP contribution is 2.47. The molecule has 0 fully saturated rings. The van der Waals surface area contributed by atoms with E-state index in [9.17, 15) is 0 Å². The summed E-state index contributed by atoms with van der Waals surface area (Å²) in [5.41, 5.74) is 14.4. The van der Waals surface area contributed by atoms with Crippen molar-refractivity contribution in [2.75, 3.05) is 5.73 Å². The van der Waals surface area contributed by atoms with Crippen LogP contribution in [0, 0.1) is 5.92 Å². The molecule has 170 valence electrons. The van der Waals surface area contributed by atoms with E-state index in [1.165, 1.54) is 27.5 Å². The summed E-state index contributed by atoms with van der Waals surface area (Å²) in [6, 6.07) is 29.8. The van der Waals surface area contributed by atoms with Crippen molar-refractivity contribution < 1.29 is 4.42 Å². The molecule has 35 heavy (non-hydrogen) atoms. The number of hydrogen-bond donors (Lipinski definition) is 1. The third-order valence-electron chi connectivity index (χ3n) is 7.63. The molecule has 4 aromatic carbocycles. The first kappa shape index (κ1) is 20.2. The van der Waals surface area contributed by atoms with E-state index in [1.807, 2.05) is 18.2 Å². The van der Waals surface area contributed by atoms with Crippen LogP contribution >= 0.6 is 0 Å². The fraction of sp³-hybridized carbons (Fsp3) is 0.125. The van der Waals surface area contributed by atoms with Crippen LogP contribution in [0.5, 0.6) is 0 Å². The second-order valence-electron chi connectivity index (χ2n) is 9.44. The first-order valence-electron chi connectivity index (χ1n) is 12.3. The van der Waals surface area contributed by atoms with Gasteiger partial charge >= 0.3 is 0 Å². The zero-order valence-corrected chi connectivity index (χ0v) is 19.6. The Labute approximate surface area is 203 Å². The van der Waals surface area contributed by atoms with Crippen LogP contribution in [-0.4, -0.2) is 4.57 Å². The number of nitrogen functional groups attached to an aromatic ring is 1. The Kier molecular flexibility index (Phi) is 4.40. The molecule has 0 radical (unpaired) electrons. The molecule has 2 aromatic heterocycles. The maximum Gasteiger partial charge on any atom is 0.137 e. The molecule has 6 aromatic rings. The molecule has 3 heteroatoms. The molecule has 7 rings (SSSR count). The predicted molar refractivity (Wildman–Crippen MR) is 148 cm³/mol. The van der Waals surface area contributed by atoms with Crippen LogP contribution < -0.4 is 5.73 Å². The lowest BCUT2D eigenvalue weighted by Gasteiger charge is -2.32. The molecule has 2 N–H and O–H groups in total. The van der Waals surface area contributed by atoms with Crippen LogP contribution in [0.4, 0.5) is 5.69 Å². The van der Waals surface area contributed by atoms with Crippen molar-refractivity contribution in [3.05, 3.63) is 109 Å². The molecule has 0 amide bonds. The topological polar surface area (TPSA) is 44.1 Å². The smallest absolute Gasteiger partial charge is 0.137 e. The highest BCUT2D eigenvalue weighted by Gasteiger charge is 2.31. The first-order chi connectivity index (χ1) is 17.3. The van der Waals surface area contributed by atoms with E-state index < -0.39 is 0 Å². The van der Waals surface area contributed by atoms with Crippen LogP contribution in [-0.2, 0) is 0 Å². The second kappa shape index (κ2) is 7.64. The molecule has 1 aliphatic carbocycles. The van der Waals surface area contributed by atoms with Crippen molar-refractivity contribution in [3.8, 4) is 0 Å². The Hall–Kier alpha value is -4.24. The van der Waals surface area contributed by atoms with Gasteiger partial charge in [0.1, 0.15) is 11.2 Å². The van der Waals surface area contributed by atoms with E-state index in [0.29, 0.717) is 5.92 Å². The Morgan fingerprint density at radius 2 is 1.43 bits per heavy atom. The minimum absolute atomic E-state index is 0.127. The molecule has 3 nitrogen and oxygen atoms in total. The predicted octanol–water partition coefficient (Wildman–Crippen LogP) is 8.50. The third-order valence-corrected chi connectivity index (χ3v) is 7.63. The average Bonchev–Trinajstić information content (AvgIpc) is 3.45. The Morgan fingerprint density at radius 1 is 0.771 bits per heavy atom. The molecule has 1 aliphatic rings. The Morgan fingerprint density at radius 3 is 2.14 bits per heavy atom. The van der Waals surface area contributed by atoms with Crippen molar-refractivity contribution in [2.45, 2.75) is 19.3 Å². The number of para-hydroxylation sites is 3. The van der Waals surface area contributed by atoms with Gasteiger partial charge < -0.3 is 14.7 Å². The summed E-state index contributed by atoms with van der Waals surface area (Å²) in [4.78, 5) is 0. The lowest BCUT2D eigenvalue weighted by Crippen LogP contribution is -2.19. The number of anilines is 1. The van der Waals surface area contributed by atoms with Gasteiger partial charge in [-0.25, -0.2) is 0 Å². The van der Waals surface area contributed by atoms with Gasteiger partial charge in [-0.15, -0.1) is 0 Å². The summed E-state index contributed by atoms with van der Waals surface area (Å²) in [5, 5.41) is 4.64. The number of nitrogens with two attached hydrogens (primary N) is 1. The summed E-state index contributed by atoms with van der Waals surface area (Å²) in [5.74, 6) is 0.468. The van der Waals surface area contributed by atoms with Crippen LogP contribution in [0.1, 0.15) is 24.8 Å². The van der Waals surface area contributed by atoms with E-state index >= 15 is 0 Å². The molecular formula is C32H26N2O. The van der Waals surface area contributed by atoms with Crippen LogP contribution in [0.2, 0.25) is 0 Å². The zero-order chi connectivity index (χ0) is 23.5. The van der Waals surface area contributed by atoms with E-state index in [-0.39, 0.29) is 5.92 Å². The van der Waals surface area contributed by atoms with E-state index in [0.717, 1.165) is 39.6 Å². The van der Waals surface area contributed by atoms with E-state index in [4.69, 9.17) is 10.2 Å². The summed E-state index contributed by atoms with van der Waals surface area (Å²) < 4.78 is 8.57. The number of allylic oxidation sites excluding steroid dienone is 4. The van der Waals surface area contributed by atoms with Crippen LogP contribution in [0.15, 0.2) is 108 Å². The number of hydrogen-bond acceptors (Lipinski definition) is 2. The van der Waals surface area contributed by atoms with E-state index in [1.54, 1.807) is 0 Å². The van der Waals surface area contributed by atoms with Gasteiger partial charge in [0.15, 0.2) is 0 Å². The molecule has 2 unspecified atom stereocenters. The fourth-order valence-electron chi connectivity index (χ4n) is 6.04. The summed E-state index contributed by atoms with van der Waals surface area (Å²) >= 11 is 0. The van der Waals surface area contributed by atoms with Gasteiger partial charge in [0.2, 0.25) is 0 Å². The minimum Gasteiger partial charge on any atom is -0.456 e. The zero-order valence-electron chi connectivity index (χ0n) is 19.6. The van der Waals surface area contributed by atoms with E-state index in [2.05, 4.69) is 96.4 Å².